The van der Waals surface area contributed by atoms with Crippen LogP contribution >= 0.6 is 15.9 Å². The number of methoxy groups -OCH3 is 1. The van der Waals surface area contributed by atoms with Crippen molar-refractivity contribution in [1.29, 1.82) is 0 Å². The Labute approximate surface area is 153 Å². The summed E-state index contributed by atoms with van der Waals surface area (Å²) < 4.78 is 6.36. The van der Waals surface area contributed by atoms with E-state index in [4.69, 9.17) is 4.74 Å². The van der Waals surface area contributed by atoms with Gasteiger partial charge in [-0.2, -0.15) is 0 Å². The van der Waals surface area contributed by atoms with Gasteiger partial charge in [0.25, 0.3) is 0 Å². The molecule has 3 atom stereocenters. The molecule has 1 saturated heterocycles. The smallest absolute Gasteiger partial charge is 0.133 e. The van der Waals surface area contributed by atoms with Crippen molar-refractivity contribution in [2.75, 3.05) is 39.8 Å². The molecule has 130 valence electrons. The molecule has 0 N–H and O–H groups in total. The molecule has 1 aromatic carbocycles. The third-order valence-corrected chi connectivity index (χ3v) is 6.62. The van der Waals surface area contributed by atoms with Crippen LogP contribution in [0, 0.1) is 17.8 Å². The number of hydrogen-bond donors (Lipinski definition) is 0. The van der Waals surface area contributed by atoms with Gasteiger partial charge < -0.3 is 9.64 Å². The van der Waals surface area contributed by atoms with Crippen LogP contribution < -0.4 is 4.74 Å². The van der Waals surface area contributed by atoms with Gasteiger partial charge in [0.2, 0.25) is 0 Å². The molecule has 0 spiro atoms. The minimum Gasteiger partial charge on any atom is -0.496 e. The summed E-state index contributed by atoms with van der Waals surface area (Å²) in [7, 11) is 1.71. The van der Waals surface area contributed by atoms with Crippen LogP contribution in [-0.4, -0.2) is 49.6 Å². The standard InChI is InChI=1S/C20H27BrN2O/c1-24-20-5-3-16(12-19(20)21)13-22-6-8-23(9-7-22)14-18-11-15-2-4-17(18)10-15/h2-5,12,15,17-18H,6-11,13-14H2,1H3/t15-,17+,18-/m0/s1. The van der Waals surface area contributed by atoms with Crippen LogP contribution in [0.25, 0.3) is 0 Å². The highest BCUT2D eigenvalue weighted by atomic mass is 79.9. The first-order chi connectivity index (χ1) is 11.7. The molecule has 0 radical (unpaired) electrons. The summed E-state index contributed by atoms with van der Waals surface area (Å²) in [4.78, 5) is 5.27. The lowest BCUT2D eigenvalue weighted by atomic mass is 9.93. The lowest BCUT2D eigenvalue weighted by molar-refractivity contribution is 0.108. The Morgan fingerprint density at radius 3 is 2.50 bits per heavy atom. The molecule has 4 rings (SSSR count). The van der Waals surface area contributed by atoms with Gasteiger partial charge >= 0.3 is 0 Å². The lowest BCUT2D eigenvalue weighted by Crippen LogP contribution is -2.47. The maximum absolute atomic E-state index is 5.32. The summed E-state index contributed by atoms with van der Waals surface area (Å²) in [6, 6.07) is 6.42. The predicted octanol–water partition coefficient (Wildman–Crippen LogP) is 3.79. The van der Waals surface area contributed by atoms with Crippen LogP contribution in [0.2, 0.25) is 0 Å². The van der Waals surface area contributed by atoms with E-state index >= 15 is 0 Å². The molecule has 1 aliphatic heterocycles. The zero-order chi connectivity index (χ0) is 16.5. The van der Waals surface area contributed by atoms with Crippen molar-refractivity contribution >= 4 is 15.9 Å². The van der Waals surface area contributed by atoms with Crippen molar-refractivity contribution in [3.8, 4) is 5.75 Å². The summed E-state index contributed by atoms with van der Waals surface area (Å²) in [6.07, 6.45) is 7.79. The van der Waals surface area contributed by atoms with E-state index in [-0.39, 0.29) is 0 Å². The van der Waals surface area contributed by atoms with Crippen LogP contribution in [-0.2, 0) is 6.54 Å². The number of halogens is 1. The zero-order valence-electron chi connectivity index (χ0n) is 14.5. The molecule has 24 heavy (non-hydrogen) atoms. The number of hydrogen-bond acceptors (Lipinski definition) is 3. The van der Waals surface area contributed by atoms with Gasteiger partial charge in [-0.05, 0) is 64.2 Å². The van der Waals surface area contributed by atoms with E-state index in [0.29, 0.717) is 0 Å². The molecule has 4 heteroatoms. The average Bonchev–Trinajstić information content (AvgIpc) is 3.20. The van der Waals surface area contributed by atoms with Gasteiger partial charge in [-0.15, -0.1) is 0 Å². The third kappa shape index (κ3) is 3.56. The molecule has 1 heterocycles. The molecule has 0 aromatic heterocycles. The van der Waals surface area contributed by atoms with Crippen LogP contribution in [0.15, 0.2) is 34.8 Å². The van der Waals surface area contributed by atoms with Crippen LogP contribution in [0.1, 0.15) is 18.4 Å². The van der Waals surface area contributed by atoms with Gasteiger partial charge in [-0.1, -0.05) is 18.2 Å². The van der Waals surface area contributed by atoms with Crippen molar-refractivity contribution in [3.63, 3.8) is 0 Å². The summed E-state index contributed by atoms with van der Waals surface area (Å²) in [5.41, 5.74) is 1.36. The van der Waals surface area contributed by atoms with Crippen molar-refractivity contribution < 1.29 is 4.74 Å². The van der Waals surface area contributed by atoms with Gasteiger partial charge in [0, 0.05) is 39.3 Å². The Hall–Kier alpha value is -0.840. The number of rotatable bonds is 5. The maximum atomic E-state index is 5.32. The van der Waals surface area contributed by atoms with E-state index in [1.165, 1.54) is 51.1 Å². The maximum Gasteiger partial charge on any atom is 0.133 e. The molecular weight excluding hydrogens is 364 g/mol. The average molecular weight is 391 g/mol. The number of ether oxygens (including phenoxy) is 1. The van der Waals surface area contributed by atoms with Crippen molar-refractivity contribution in [1.82, 2.24) is 9.80 Å². The van der Waals surface area contributed by atoms with Gasteiger partial charge in [0.05, 0.1) is 11.6 Å². The highest BCUT2D eigenvalue weighted by molar-refractivity contribution is 9.10. The molecule has 3 nitrogen and oxygen atoms in total. The Kier molecular flexibility index (Phi) is 4.98. The Morgan fingerprint density at radius 1 is 1.08 bits per heavy atom. The summed E-state index contributed by atoms with van der Waals surface area (Å²) in [5.74, 6) is 3.60. The zero-order valence-corrected chi connectivity index (χ0v) is 16.0. The normalized spacial score (nSPS) is 30.2. The number of benzene rings is 1. The second-order valence-electron chi connectivity index (χ2n) is 7.59. The van der Waals surface area contributed by atoms with Crippen molar-refractivity contribution in [2.24, 2.45) is 17.8 Å². The molecule has 3 aliphatic rings. The molecule has 1 aromatic rings. The second kappa shape index (κ2) is 7.19. The van der Waals surface area contributed by atoms with Crippen LogP contribution in [0.5, 0.6) is 5.75 Å². The Bertz CT molecular complexity index is 610. The van der Waals surface area contributed by atoms with Gasteiger partial charge in [0.15, 0.2) is 0 Å². The van der Waals surface area contributed by atoms with E-state index in [1.807, 2.05) is 0 Å². The molecule has 1 saturated carbocycles. The molecule has 2 aliphatic carbocycles. The molecule has 0 amide bonds. The van der Waals surface area contributed by atoms with Gasteiger partial charge in [-0.25, -0.2) is 0 Å². The number of allylic oxidation sites excluding steroid dienone is 2. The molecular formula is C20H27BrN2O. The SMILES string of the molecule is COc1ccc(CN2CCN(C[C@@H]3C[C@H]4C=C[C@@H]3C4)CC2)cc1Br. The van der Waals surface area contributed by atoms with Crippen molar-refractivity contribution in [3.05, 3.63) is 40.4 Å². The monoisotopic (exact) mass is 390 g/mol. The lowest BCUT2D eigenvalue weighted by Gasteiger charge is -2.37. The molecule has 2 fully saturated rings. The quantitative estimate of drug-likeness (QED) is 0.711. The topological polar surface area (TPSA) is 15.7 Å². The van der Waals surface area contributed by atoms with E-state index in [9.17, 15) is 0 Å². The summed E-state index contributed by atoms with van der Waals surface area (Å²) in [5, 5.41) is 0. The van der Waals surface area contributed by atoms with Gasteiger partial charge in [0.1, 0.15) is 5.75 Å². The third-order valence-electron chi connectivity index (χ3n) is 6.00. The fraction of sp³-hybridized carbons (Fsp3) is 0.600. The molecule has 2 bridgehead atoms. The fourth-order valence-electron chi connectivity index (χ4n) is 4.63. The Balaban J connectivity index is 1.25. The second-order valence-corrected chi connectivity index (χ2v) is 8.44. The Morgan fingerprint density at radius 2 is 1.88 bits per heavy atom. The first kappa shape index (κ1) is 16.6. The predicted molar refractivity (Wildman–Crippen MR) is 101 cm³/mol. The van der Waals surface area contributed by atoms with Gasteiger partial charge in [-0.3, -0.25) is 4.90 Å². The van der Waals surface area contributed by atoms with Crippen LogP contribution in [0.3, 0.4) is 0 Å². The van der Waals surface area contributed by atoms with Crippen molar-refractivity contribution in [2.45, 2.75) is 19.4 Å². The summed E-state index contributed by atoms with van der Waals surface area (Å²) in [6.45, 7) is 7.14. The highest BCUT2D eigenvalue weighted by Crippen LogP contribution is 2.43. The summed E-state index contributed by atoms with van der Waals surface area (Å²) >= 11 is 3.59. The number of piperazine rings is 1. The van der Waals surface area contributed by atoms with E-state index in [1.54, 1.807) is 7.11 Å². The largest absolute Gasteiger partial charge is 0.496 e. The molecule has 0 unspecified atom stereocenters. The van der Waals surface area contributed by atoms with Crippen LogP contribution in [0.4, 0.5) is 0 Å². The first-order valence-electron chi connectivity index (χ1n) is 9.16. The van der Waals surface area contributed by atoms with E-state index in [0.717, 1.165) is 34.5 Å². The minimum absolute atomic E-state index is 0.879. The first-order valence-corrected chi connectivity index (χ1v) is 9.96. The van der Waals surface area contributed by atoms with E-state index < -0.39 is 0 Å². The number of fused-ring (bicyclic) bond motifs is 2. The van der Waals surface area contributed by atoms with E-state index in [2.05, 4.69) is 56.1 Å². The highest BCUT2D eigenvalue weighted by Gasteiger charge is 2.36. The minimum atomic E-state index is 0.879. The number of nitrogens with zero attached hydrogens (tertiary/aromatic N) is 2. The fourth-order valence-corrected chi connectivity index (χ4v) is 5.22.